The van der Waals surface area contributed by atoms with Gasteiger partial charge in [0.1, 0.15) is 0 Å². The first-order chi connectivity index (χ1) is 6.64. The number of carbonyl (C=O) groups excluding carboxylic acids is 1. The Morgan fingerprint density at radius 3 is 2.64 bits per heavy atom. The van der Waals surface area contributed by atoms with Gasteiger partial charge in [0.25, 0.3) is 0 Å². The van der Waals surface area contributed by atoms with E-state index in [9.17, 15) is 4.79 Å². The highest BCUT2D eigenvalue weighted by Gasteiger charge is 2.53. The summed E-state index contributed by atoms with van der Waals surface area (Å²) in [4.78, 5) is 10.8. The molecule has 14 heavy (non-hydrogen) atoms. The fourth-order valence-corrected chi connectivity index (χ4v) is 2.22. The molecule has 0 aliphatic heterocycles. The lowest BCUT2D eigenvalue weighted by Crippen LogP contribution is -2.34. The van der Waals surface area contributed by atoms with E-state index in [-0.39, 0.29) is 11.8 Å². The minimum Gasteiger partial charge on any atom is -0.369 e. The van der Waals surface area contributed by atoms with Crippen molar-refractivity contribution in [3.8, 4) is 0 Å². The monoisotopic (exact) mass is 196 g/mol. The van der Waals surface area contributed by atoms with Gasteiger partial charge in [-0.3, -0.25) is 4.79 Å². The number of primary amides is 1. The van der Waals surface area contributed by atoms with E-state index >= 15 is 0 Å². The summed E-state index contributed by atoms with van der Waals surface area (Å²) in [6, 6.07) is 0. The molecular formula is C11H20N2O. The Kier molecular flexibility index (Phi) is 2.52. The lowest BCUT2D eigenvalue weighted by molar-refractivity contribution is -0.121. The van der Waals surface area contributed by atoms with Crippen molar-refractivity contribution >= 4 is 5.91 Å². The molecule has 3 heteroatoms. The standard InChI is InChI=1S/C11H20N2O/c1-8(10(12)14)6-13-7-11(4-5-11)9-2-3-9/h8-9,13H,2-7H2,1H3,(H2,12,14). The van der Waals surface area contributed by atoms with Crippen molar-refractivity contribution in [1.82, 2.24) is 5.32 Å². The molecule has 80 valence electrons. The third-order valence-electron chi connectivity index (χ3n) is 3.75. The zero-order valence-corrected chi connectivity index (χ0v) is 8.88. The van der Waals surface area contributed by atoms with Crippen molar-refractivity contribution < 1.29 is 4.79 Å². The molecular weight excluding hydrogens is 176 g/mol. The molecule has 0 aromatic carbocycles. The van der Waals surface area contributed by atoms with Crippen LogP contribution in [0.15, 0.2) is 0 Å². The van der Waals surface area contributed by atoms with Crippen molar-refractivity contribution in [2.75, 3.05) is 13.1 Å². The molecule has 0 bridgehead atoms. The summed E-state index contributed by atoms with van der Waals surface area (Å²) in [6.07, 6.45) is 5.62. The first-order valence-electron chi connectivity index (χ1n) is 5.64. The number of hydrogen-bond donors (Lipinski definition) is 2. The van der Waals surface area contributed by atoms with Gasteiger partial charge in [-0.2, -0.15) is 0 Å². The van der Waals surface area contributed by atoms with E-state index in [0.717, 1.165) is 19.0 Å². The Labute approximate surface area is 85.4 Å². The maximum absolute atomic E-state index is 10.8. The van der Waals surface area contributed by atoms with Gasteiger partial charge >= 0.3 is 0 Å². The second-order valence-corrected chi connectivity index (χ2v) is 5.07. The van der Waals surface area contributed by atoms with E-state index < -0.39 is 0 Å². The second kappa shape index (κ2) is 3.54. The van der Waals surface area contributed by atoms with Crippen LogP contribution in [0.2, 0.25) is 0 Å². The van der Waals surface area contributed by atoms with Gasteiger partial charge in [0.05, 0.1) is 0 Å². The summed E-state index contributed by atoms with van der Waals surface area (Å²) in [5.41, 5.74) is 5.82. The number of nitrogens with one attached hydrogen (secondary N) is 1. The number of hydrogen-bond acceptors (Lipinski definition) is 2. The van der Waals surface area contributed by atoms with Crippen molar-refractivity contribution in [1.29, 1.82) is 0 Å². The third-order valence-corrected chi connectivity index (χ3v) is 3.75. The molecule has 0 aromatic heterocycles. The summed E-state index contributed by atoms with van der Waals surface area (Å²) < 4.78 is 0. The minimum absolute atomic E-state index is 0.0370. The molecule has 3 N–H and O–H groups in total. The fourth-order valence-electron chi connectivity index (χ4n) is 2.22. The number of nitrogens with two attached hydrogens (primary N) is 1. The van der Waals surface area contributed by atoms with Crippen LogP contribution in [0, 0.1) is 17.3 Å². The van der Waals surface area contributed by atoms with Crippen LogP contribution in [-0.4, -0.2) is 19.0 Å². The molecule has 0 saturated heterocycles. The molecule has 3 nitrogen and oxygen atoms in total. The molecule has 1 unspecified atom stereocenters. The van der Waals surface area contributed by atoms with Gasteiger partial charge in [-0.05, 0) is 37.0 Å². The van der Waals surface area contributed by atoms with Crippen LogP contribution >= 0.6 is 0 Å². The van der Waals surface area contributed by atoms with E-state index in [2.05, 4.69) is 5.32 Å². The van der Waals surface area contributed by atoms with E-state index in [4.69, 9.17) is 5.73 Å². The Hall–Kier alpha value is -0.570. The molecule has 2 aliphatic carbocycles. The van der Waals surface area contributed by atoms with Crippen LogP contribution in [0.3, 0.4) is 0 Å². The number of rotatable bonds is 6. The summed E-state index contributed by atoms with van der Waals surface area (Å²) in [6.45, 7) is 3.71. The summed E-state index contributed by atoms with van der Waals surface area (Å²) >= 11 is 0. The topological polar surface area (TPSA) is 55.1 Å². The molecule has 1 amide bonds. The van der Waals surface area contributed by atoms with Crippen LogP contribution in [-0.2, 0) is 4.79 Å². The molecule has 2 rings (SSSR count). The van der Waals surface area contributed by atoms with Crippen LogP contribution in [0.1, 0.15) is 32.6 Å². The summed E-state index contributed by atoms with van der Waals surface area (Å²) in [5, 5.41) is 3.39. The first-order valence-corrected chi connectivity index (χ1v) is 5.64. The van der Waals surface area contributed by atoms with Gasteiger partial charge < -0.3 is 11.1 Å². The van der Waals surface area contributed by atoms with Crippen molar-refractivity contribution in [3.63, 3.8) is 0 Å². The lowest BCUT2D eigenvalue weighted by Gasteiger charge is -2.16. The van der Waals surface area contributed by atoms with Gasteiger partial charge in [-0.15, -0.1) is 0 Å². The highest BCUT2D eigenvalue weighted by Crippen LogP contribution is 2.60. The molecule has 2 saturated carbocycles. The molecule has 1 atom stereocenters. The maximum atomic E-state index is 10.8. The third kappa shape index (κ3) is 2.08. The Bertz CT molecular complexity index is 231. The Morgan fingerprint density at radius 1 is 1.57 bits per heavy atom. The quantitative estimate of drug-likeness (QED) is 0.663. The van der Waals surface area contributed by atoms with Gasteiger partial charge in [-0.1, -0.05) is 6.92 Å². The highest BCUT2D eigenvalue weighted by atomic mass is 16.1. The number of amides is 1. The zero-order valence-electron chi connectivity index (χ0n) is 8.88. The van der Waals surface area contributed by atoms with Gasteiger partial charge in [-0.25, -0.2) is 0 Å². The second-order valence-electron chi connectivity index (χ2n) is 5.07. The van der Waals surface area contributed by atoms with Gasteiger partial charge in [0.15, 0.2) is 0 Å². The van der Waals surface area contributed by atoms with Crippen molar-refractivity contribution in [2.45, 2.75) is 32.6 Å². The fraction of sp³-hybridized carbons (Fsp3) is 0.909. The van der Waals surface area contributed by atoms with Gasteiger partial charge in [0.2, 0.25) is 5.91 Å². The molecule has 2 aliphatic rings. The Balaban J connectivity index is 1.65. The molecule has 0 radical (unpaired) electrons. The predicted molar refractivity (Wildman–Crippen MR) is 55.6 cm³/mol. The average molecular weight is 196 g/mol. The van der Waals surface area contributed by atoms with E-state index in [1.165, 1.54) is 25.7 Å². The first kappa shape index (κ1) is 9.97. The Morgan fingerprint density at radius 2 is 2.21 bits per heavy atom. The maximum Gasteiger partial charge on any atom is 0.221 e. The number of carbonyl (C=O) groups is 1. The smallest absolute Gasteiger partial charge is 0.221 e. The van der Waals surface area contributed by atoms with E-state index in [1.807, 2.05) is 6.92 Å². The van der Waals surface area contributed by atoms with Crippen LogP contribution in [0.5, 0.6) is 0 Å². The molecule has 2 fully saturated rings. The normalized spacial score (nSPS) is 25.8. The average Bonchev–Trinajstić information content (AvgIpc) is 2.98. The SMILES string of the molecule is CC(CNCC1(C2CC2)CC1)C(N)=O. The van der Waals surface area contributed by atoms with Crippen molar-refractivity contribution in [2.24, 2.45) is 23.0 Å². The molecule has 0 aromatic rings. The highest BCUT2D eigenvalue weighted by molar-refractivity contribution is 5.76. The largest absolute Gasteiger partial charge is 0.369 e. The van der Waals surface area contributed by atoms with E-state index in [0.29, 0.717) is 5.41 Å². The zero-order chi connectivity index (χ0) is 10.2. The van der Waals surface area contributed by atoms with Crippen LogP contribution < -0.4 is 11.1 Å². The van der Waals surface area contributed by atoms with Gasteiger partial charge in [0, 0.05) is 19.0 Å². The molecule has 0 spiro atoms. The lowest BCUT2D eigenvalue weighted by atomic mass is 10.0. The van der Waals surface area contributed by atoms with Crippen LogP contribution in [0.25, 0.3) is 0 Å². The van der Waals surface area contributed by atoms with E-state index in [1.54, 1.807) is 0 Å². The van der Waals surface area contributed by atoms with Crippen molar-refractivity contribution in [3.05, 3.63) is 0 Å². The minimum atomic E-state index is -0.200. The van der Waals surface area contributed by atoms with Crippen LogP contribution in [0.4, 0.5) is 0 Å². The summed E-state index contributed by atoms with van der Waals surface area (Å²) in [7, 11) is 0. The summed E-state index contributed by atoms with van der Waals surface area (Å²) in [5.74, 6) is 0.748. The predicted octanol–water partition coefficient (Wildman–Crippen LogP) is 0.888. The molecule has 0 heterocycles.